The fourth-order valence-corrected chi connectivity index (χ4v) is 1.67. The van der Waals surface area contributed by atoms with Gasteiger partial charge in [0.05, 0.1) is 13.7 Å². The van der Waals surface area contributed by atoms with Gasteiger partial charge in [0.2, 0.25) is 0 Å². The summed E-state index contributed by atoms with van der Waals surface area (Å²) in [6, 6.07) is 6.00. The lowest BCUT2D eigenvalue weighted by atomic mass is 10.1. The van der Waals surface area contributed by atoms with Crippen LogP contribution in [0.1, 0.15) is 46.6 Å². The molecule has 0 saturated heterocycles. The van der Waals surface area contributed by atoms with Crippen molar-refractivity contribution in [1.29, 1.82) is 0 Å². The summed E-state index contributed by atoms with van der Waals surface area (Å²) in [7, 11) is 1.69. The van der Waals surface area contributed by atoms with Crippen molar-refractivity contribution in [3.8, 4) is 11.5 Å². The van der Waals surface area contributed by atoms with Crippen LogP contribution in [0.3, 0.4) is 0 Å². The molecular weight excluding hydrogens is 250 g/mol. The Morgan fingerprint density at radius 2 is 1.95 bits per heavy atom. The lowest BCUT2D eigenvalue weighted by Crippen LogP contribution is -2.35. The van der Waals surface area contributed by atoms with Gasteiger partial charge in [-0.1, -0.05) is 20.3 Å². The smallest absolute Gasteiger partial charge is 0.124 e. The van der Waals surface area contributed by atoms with Crippen molar-refractivity contribution in [2.75, 3.05) is 13.7 Å². The lowest BCUT2D eigenvalue weighted by molar-refractivity contribution is 0.252. The second-order valence-electron chi connectivity index (χ2n) is 6.40. The minimum atomic E-state index is 0.0804. The molecule has 0 fully saturated rings. The lowest BCUT2D eigenvalue weighted by Gasteiger charge is -2.22. The van der Waals surface area contributed by atoms with E-state index in [-0.39, 0.29) is 5.54 Å². The topological polar surface area (TPSA) is 30.5 Å². The molecule has 1 N–H and O–H groups in total. The second-order valence-corrected chi connectivity index (χ2v) is 6.40. The van der Waals surface area contributed by atoms with Crippen molar-refractivity contribution in [2.45, 2.75) is 53.1 Å². The van der Waals surface area contributed by atoms with Gasteiger partial charge in [-0.3, -0.25) is 0 Å². The van der Waals surface area contributed by atoms with Crippen LogP contribution in [-0.2, 0) is 6.54 Å². The molecule has 1 unspecified atom stereocenters. The van der Waals surface area contributed by atoms with Gasteiger partial charge in [-0.25, -0.2) is 0 Å². The van der Waals surface area contributed by atoms with Gasteiger partial charge in [0, 0.05) is 17.6 Å². The molecule has 114 valence electrons. The third-order valence-corrected chi connectivity index (χ3v) is 3.30. The molecule has 0 saturated carbocycles. The number of hydrogen-bond acceptors (Lipinski definition) is 3. The highest BCUT2D eigenvalue weighted by atomic mass is 16.5. The highest BCUT2D eigenvalue weighted by Crippen LogP contribution is 2.25. The van der Waals surface area contributed by atoms with Gasteiger partial charge < -0.3 is 14.8 Å². The Morgan fingerprint density at radius 1 is 1.25 bits per heavy atom. The maximum Gasteiger partial charge on any atom is 0.124 e. The predicted octanol–water partition coefficient (Wildman–Crippen LogP) is 4.01. The highest BCUT2D eigenvalue weighted by Gasteiger charge is 2.12. The van der Waals surface area contributed by atoms with Crippen LogP contribution in [-0.4, -0.2) is 19.3 Å². The maximum absolute atomic E-state index is 5.96. The zero-order valence-electron chi connectivity index (χ0n) is 13.7. The van der Waals surface area contributed by atoms with E-state index in [2.05, 4.69) is 39.9 Å². The first-order chi connectivity index (χ1) is 9.35. The number of methoxy groups -OCH3 is 1. The predicted molar refractivity (Wildman–Crippen MR) is 84.5 cm³/mol. The SMILES string of the molecule is CCC(C)COc1ccc(OC)cc1CNC(C)(C)C. The monoisotopic (exact) mass is 279 g/mol. The molecule has 0 aliphatic carbocycles. The average Bonchev–Trinajstić information content (AvgIpc) is 2.41. The van der Waals surface area contributed by atoms with Gasteiger partial charge in [-0.05, 0) is 44.9 Å². The van der Waals surface area contributed by atoms with Crippen LogP contribution in [0.2, 0.25) is 0 Å². The minimum Gasteiger partial charge on any atom is -0.497 e. The fraction of sp³-hybridized carbons (Fsp3) is 0.647. The van der Waals surface area contributed by atoms with Crippen LogP contribution in [0.4, 0.5) is 0 Å². The zero-order chi connectivity index (χ0) is 15.2. The van der Waals surface area contributed by atoms with Crippen molar-refractivity contribution in [3.63, 3.8) is 0 Å². The van der Waals surface area contributed by atoms with Crippen LogP contribution in [0.15, 0.2) is 18.2 Å². The van der Waals surface area contributed by atoms with Crippen molar-refractivity contribution in [1.82, 2.24) is 5.32 Å². The molecule has 0 aromatic heterocycles. The molecule has 0 amide bonds. The number of nitrogens with one attached hydrogen (secondary N) is 1. The molecule has 20 heavy (non-hydrogen) atoms. The zero-order valence-corrected chi connectivity index (χ0v) is 13.7. The van der Waals surface area contributed by atoms with E-state index >= 15 is 0 Å². The molecule has 1 atom stereocenters. The minimum absolute atomic E-state index is 0.0804. The van der Waals surface area contributed by atoms with E-state index in [4.69, 9.17) is 9.47 Å². The van der Waals surface area contributed by atoms with Crippen LogP contribution < -0.4 is 14.8 Å². The Balaban J connectivity index is 2.80. The van der Waals surface area contributed by atoms with Crippen LogP contribution >= 0.6 is 0 Å². The normalized spacial score (nSPS) is 13.1. The summed E-state index contributed by atoms with van der Waals surface area (Å²) < 4.78 is 11.3. The Labute approximate surface area is 123 Å². The molecule has 0 heterocycles. The van der Waals surface area contributed by atoms with E-state index in [0.29, 0.717) is 5.92 Å². The van der Waals surface area contributed by atoms with E-state index in [1.807, 2.05) is 18.2 Å². The summed E-state index contributed by atoms with van der Waals surface area (Å²) >= 11 is 0. The summed E-state index contributed by atoms with van der Waals surface area (Å²) in [5, 5.41) is 3.50. The van der Waals surface area contributed by atoms with Gasteiger partial charge in [0.15, 0.2) is 0 Å². The first-order valence-corrected chi connectivity index (χ1v) is 7.40. The molecule has 0 aliphatic rings. The van der Waals surface area contributed by atoms with Gasteiger partial charge in [-0.15, -0.1) is 0 Å². The van der Waals surface area contributed by atoms with E-state index in [1.165, 1.54) is 0 Å². The van der Waals surface area contributed by atoms with Crippen molar-refractivity contribution in [2.24, 2.45) is 5.92 Å². The molecule has 1 aromatic rings. The van der Waals surface area contributed by atoms with Gasteiger partial charge in [0.1, 0.15) is 11.5 Å². The molecule has 0 spiro atoms. The Kier molecular flexibility index (Phi) is 6.34. The standard InChI is InChI=1S/C17H29NO2/c1-7-13(2)12-20-16-9-8-15(19-6)10-14(16)11-18-17(3,4)5/h8-10,13,18H,7,11-12H2,1-6H3. The summed E-state index contributed by atoms with van der Waals surface area (Å²) in [4.78, 5) is 0. The number of hydrogen-bond donors (Lipinski definition) is 1. The van der Waals surface area contributed by atoms with Gasteiger partial charge in [-0.2, -0.15) is 0 Å². The van der Waals surface area contributed by atoms with Gasteiger partial charge in [0.25, 0.3) is 0 Å². The first kappa shape index (κ1) is 16.8. The quantitative estimate of drug-likeness (QED) is 0.818. The van der Waals surface area contributed by atoms with Crippen LogP contribution in [0.25, 0.3) is 0 Å². The number of ether oxygens (including phenoxy) is 2. The molecule has 3 nitrogen and oxygen atoms in total. The summed E-state index contributed by atoms with van der Waals surface area (Å²) in [6.07, 6.45) is 1.13. The van der Waals surface area contributed by atoms with Gasteiger partial charge >= 0.3 is 0 Å². The molecule has 1 rings (SSSR count). The van der Waals surface area contributed by atoms with Crippen LogP contribution in [0.5, 0.6) is 11.5 Å². The third kappa shape index (κ3) is 5.83. The van der Waals surface area contributed by atoms with E-state index in [0.717, 1.165) is 36.6 Å². The molecular formula is C17H29NO2. The highest BCUT2D eigenvalue weighted by molar-refractivity contribution is 5.40. The van der Waals surface area contributed by atoms with Crippen molar-refractivity contribution in [3.05, 3.63) is 23.8 Å². The number of rotatable bonds is 7. The molecule has 0 radical (unpaired) electrons. The molecule has 0 bridgehead atoms. The Morgan fingerprint density at radius 3 is 2.50 bits per heavy atom. The Hall–Kier alpha value is -1.22. The fourth-order valence-electron chi connectivity index (χ4n) is 1.67. The van der Waals surface area contributed by atoms with E-state index in [1.54, 1.807) is 7.11 Å². The van der Waals surface area contributed by atoms with Crippen molar-refractivity contribution >= 4 is 0 Å². The summed E-state index contributed by atoms with van der Waals surface area (Å²) in [5.74, 6) is 2.38. The van der Waals surface area contributed by atoms with E-state index in [9.17, 15) is 0 Å². The summed E-state index contributed by atoms with van der Waals surface area (Å²) in [5.41, 5.74) is 1.22. The third-order valence-electron chi connectivity index (χ3n) is 3.30. The second kappa shape index (κ2) is 7.53. The number of benzene rings is 1. The average molecular weight is 279 g/mol. The molecule has 3 heteroatoms. The first-order valence-electron chi connectivity index (χ1n) is 7.40. The maximum atomic E-state index is 5.96. The summed E-state index contributed by atoms with van der Waals surface area (Å²) in [6.45, 7) is 12.4. The van der Waals surface area contributed by atoms with Crippen molar-refractivity contribution < 1.29 is 9.47 Å². The Bertz CT molecular complexity index is 410. The molecule has 0 aliphatic heterocycles. The molecule has 1 aromatic carbocycles. The van der Waals surface area contributed by atoms with E-state index < -0.39 is 0 Å². The van der Waals surface area contributed by atoms with Crippen LogP contribution in [0, 0.1) is 5.92 Å². The largest absolute Gasteiger partial charge is 0.497 e.